The number of halogens is 3. The highest BCUT2D eigenvalue weighted by Crippen LogP contribution is 2.31. The van der Waals surface area contributed by atoms with E-state index in [1.54, 1.807) is 0 Å². The van der Waals surface area contributed by atoms with Crippen LogP contribution in [0.4, 0.5) is 13.2 Å². The zero-order valence-corrected chi connectivity index (χ0v) is 10.8. The first-order chi connectivity index (χ1) is 9.45. The first-order valence-corrected chi connectivity index (χ1v) is 6.21. The number of H-pyrrole nitrogens is 1. The molecule has 1 nitrogen and oxygen atoms in total. The molecule has 0 fully saturated rings. The molecule has 0 radical (unpaired) electrons. The summed E-state index contributed by atoms with van der Waals surface area (Å²) < 4.78 is 37.6. The number of fused-ring (bicyclic) bond motifs is 1. The van der Waals surface area contributed by atoms with Crippen molar-refractivity contribution < 1.29 is 13.2 Å². The maximum atomic E-state index is 12.5. The Morgan fingerprint density at radius 2 is 1.65 bits per heavy atom. The highest BCUT2D eigenvalue weighted by molar-refractivity contribution is 5.88. The first-order valence-electron chi connectivity index (χ1n) is 6.21. The van der Waals surface area contributed by atoms with Gasteiger partial charge in [0.25, 0.3) is 0 Å². The lowest BCUT2D eigenvalue weighted by Crippen LogP contribution is -2.03. The second-order valence-corrected chi connectivity index (χ2v) is 4.80. The van der Waals surface area contributed by atoms with Crippen LogP contribution in [0.15, 0.2) is 48.5 Å². The van der Waals surface area contributed by atoms with Gasteiger partial charge in [-0.2, -0.15) is 13.2 Å². The maximum Gasteiger partial charge on any atom is 0.416 e. The van der Waals surface area contributed by atoms with Crippen LogP contribution in [0.25, 0.3) is 22.2 Å². The van der Waals surface area contributed by atoms with Crippen LogP contribution in [-0.2, 0) is 6.18 Å². The lowest BCUT2D eigenvalue weighted by Gasteiger charge is -2.06. The summed E-state index contributed by atoms with van der Waals surface area (Å²) in [5, 5.41) is 1.06. The van der Waals surface area contributed by atoms with Gasteiger partial charge in [0.05, 0.1) is 5.56 Å². The molecule has 1 heterocycles. The van der Waals surface area contributed by atoms with E-state index in [0.29, 0.717) is 0 Å². The minimum Gasteiger partial charge on any atom is -0.354 e. The van der Waals surface area contributed by atoms with Crippen molar-refractivity contribution >= 4 is 10.9 Å². The second-order valence-electron chi connectivity index (χ2n) is 4.80. The predicted octanol–water partition coefficient (Wildman–Crippen LogP) is 5.16. The highest BCUT2D eigenvalue weighted by Gasteiger charge is 2.29. The van der Waals surface area contributed by atoms with Gasteiger partial charge in [0.2, 0.25) is 0 Å². The van der Waals surface area contributed by atoms with E-state index in [9.17, 15) is 13.2 Å². The number of benzene rings is 2. The van der Waals surface area contributed by atoms with Crippen molar-refractivity contribution in [2.24, 2.45) is 0 Å². The molecule has 102 valence electrons. The molecule has 3 rings (SSSR count). The SMILES string of the molecule is Cc1cccc2cc(-c3ccc(C(F)(F)F)cc3)[nH]c12. The fourth-order valence-electron chi connectivity index (χ4n) is 2.30. The molecule has 0 bridgehead atoms. The van der Waals surface area contributed by atoms with Crippen LogP contribution in [0.5, 0.6) is 0 Å². The van der Waals surface area contributed by atoms with Crippen molar-refractivity contribution in [3.05, 3.63) is 59.7 Å². The molecule has 0 spiro atoms. The van der Waals surface area contributed by atoms with Gasteiger partial charge in [-0.05, 0) is 36.2 Å². The molecule has 0 unspecified atom stereocenters. The monoisotopic (exact) mass is 275 g/mol. The van der Waals surface area contributed by atoms with E-state index >= 15 is 0 Å². The van der Waals surface area contributed by atoms with Crippen LogP contribution < -0.4 is 0 Å². The number of aromatic nitrogens is 1. The maximum absolute atomic E-state index is 12.5. The molecule has 20 heavy (non-hydrogen) atoms. The molecule has 0 aliphatic rings. The fourth-order valence-corrected chi connectivity index (χ4v) is 2.30. The van der Waals surface area contributed by atoms with Crippen LogP contribution in [0.3, 0.4) is 0 Å². The Morgan fingerprint density at radius 3 is 2.25 bits per heavy atom. The molecule has 1 aromatic heterocycles. The molecule has 1 N–H and O–H groups in total. The highest BCUT2D eigenvalue weighted by atomic mass is 19.4. The van der Waals surface area contributed by atoms with Gasteiger partial charge in [0.1, 0.15) is 0 Å². The molecule has 3 aromatic rings. The standard InChI is InChI=1S/C16H12F3N/c1-10-3-2-4-12-9-14(20-15(10)12)11-5-7-13(8-6-11)16(17,18)19/h2-9,20H,1H3. The predicted molar refractivity (Wildman–Crippen MR) is 73.5 cm³/mol. The van der Waals surface area contributed by atoms with Gasteiger partial charge in [-0.25, -0.2) is 0 Å². The fraction of sp³-hybridized carbons (Fsp3) is 0.125. The molecule has 2 aromatic carbocycles. The average Bonchev–Trinajstić information content (AvgIpc) is 2.83. The molecular formula is C16H12F3N. The van der Waals surface area contributed by atoms with Gasteiger partial charge in [-0.3, -0.25) is 0 Å². The smallest absolute Gasteiger partial charge is 0.354 e. The third-order valence-electron chi connectivity index (χ3n) is 3.39. The van der Waals surface area contributed by atoms with E-state index in [1.807, 2.05) is 31.2 Å². The summed E-state index contributed by atoms with van der Waals surface area (Å²) in [5.74, 6) is 0. The van der Waals surface area contributed by atoms with E-state index in [4.69, 9.17) is 0 Å². The summed E-state index contributed by atoms with van der Waals surface area (Å²) in [4.78, 5) is 3.26. The Balaban J connectivity index is 2.05. The molecule has 0 aliphatic carbocycles. The van der Waals surface area contributed by atoms with Crippen molar-refractivity contribution in [3.8, 4) is 11.3 Å². The van der Waals surface area contributed by atoms with Gasteiger partial charge >= 0.3 is 6.18 Å². The lowest BCUT2D eigenvalue weighted by atomic mass is 10.1. The molecule has 0 aliphatic heterocycles. The molecule has 0 saturated carbocycles. The molecule has 0 atom stereocenters. The number of rotatable bonds is 1. The van der Waals surface area contributed by atoms with Gasteiger partial charge in [-0.15, -0.1) is 0 Å². The van der Waals surface area contributed by atoms with Crippen LogP contribution in [0.2, 0.25) is 0 Å². The van der Waals surface area contributed by atoms with Crippen molar-refractivity contribution in [1.82, 2.24) is 4.98 Å². The zero-order chi connectivity index (χ0) is 14.3. The summed E-state index contributed by atoms with van der Waals surface area (Å²) in [6.07, 6.45) is -4.30. The van der Waals surface area contributed by atoms with Crippen molar-refractivity contribution in [1.29, 1.82) is 0 Å². The normalized spacial score (nSPS) is 12.0. The number of hydrogen-bond acceptors (Lipinski definition) is 0. The molecular weight excluding hydrogens is 263 g/mol. The Morgan fingerprint density at radius 1 is 0.950 bits per heavy atom. The number of hydrogen-bond donors (Lipinski definition) is 1. The summed E-state index contributed by atoms with van der Waals surface area (Å²) >= 11 is 0. The number of aromatic amines is 1. The van der Waals surface area contributed by atoms with Gasteiger partial charge in [0, 0.05) is 16.6 Å². The molecule has 4 heteroatoms. The van der Waals surface area contributed by atoms with Crippen LogP contribution in [0.1, 0.15) is 11.1 Å². The van der Waals surface area contributed by atoms with Gasteiger partial charge < -0.3 is 4.98 Å². The van der Waals surface area contributed by atoms with Crippen molar-refractivity contribution in [2.75, 3.05) is 0 Å². The van der Waals surface area contributed by atoms with Gasteiger partial charge in [0.15, 0.2) is 0 Å². The quantitative estimate of drug-likeness (QED) is 0.631. The Kier molecular flexibility index (Phi) is 2.82. The van der Waals surface area contributed by atoms with Gasteiger partial charge in [-0.1, -0.05) is 30.3 Å². The number of aryl methyl sites for hydroxylation is 1. The number of para-hydroxylation sites is 1. The third kappa shape index (κ3) is 2.18. The van der Waals surface area contributed by atoms with Crippen LogP contribution >= 0.6 is 0 Å². The van der Waals surface area contributed by atoms with Crippen molar-refractivity contribution in [3.63, 3.8) is 0 Å². The summed E-state index contributed by atoms with van der Waals surface area (Å²) in [6.45, 7) is 2.00. The Labute approximate surface area is 114 Å². The van der Waals surface area contributed by atoms with E-state index in [-0.39, 0.29) is 0 Å². The topological polar surface area (TPSA) is 15.8 Å². The summed E-state index contributed by atoms with van der Waals surface area (Å²) in [6, 6.07) is 13.1. The molecule has 0 saturated heterocycles. The minimum absolute atomic E-state index is 0.631. The number of alkyl halides is 3. The van der Waals surface area contributed by atoms with Crippen LogP contribution in [0, 0.1) is 6.92 Å². The zero-order valence-electron chi connectivity index (χ0n) is 10.8. The summed E-state index contributed by atoms with van der Waals surface area (Å²) in [7, 11) is 0. The minimum atomic E-state index is -4.30. The first kappa shape index (κ1) is 12.8. The van der Waals surface area contributed by atoms with E-state index in [2.05, 4.69) is 4.98 Å². The lowest BCUT2D eigenvalue weighted by molar-refractivity contribution is -0.137. The third-order valence-corrected chi connectivity index (χ3v) is 3.39. The second kappa shape index (κ2) is 4.40. The van der Waals surface area contributed by atoms with E-state index < -0.39 is 11.7 Å². The van der Waals surface area contributed by atoms with Crippen molar-refractivity contribution in [2.45, 2.75) is 13.1 Å². The Hall–Kier alpha value is -2.23. The average molecular weight is 275 g/mol. The van der Waals surface area contributed by atoms with E-state index in [0.717, 1.165) is 39.9 Å². The largest absolute Gasteiger partial charge is 0.416 e. The number of nitrogens with one attached hydrogen (secondary N) is 1. The summed E-state index contributed by atoms with van der Waals surface area (Å²) in [5.41, 5.74) is 3.06. The van der Waals surface area contributed by atoms with E-state index in [1.165, 1.54) is 12.1 Å². The Bertz CT molecular complexity index is 751. The molecule has 0 amide bonds. The van der Waals surface area contributed by atoms with Crippen LogP contribution in [-0.4, -0.2) is 4.98 Å².